The van der Waals surface area contributed by atoms with E-state index in [2.05, 4.69) is 17.0 Å². The number of carbonyl (C=O) groups is 1. The molecule has 2 aromatic carbocycles. The third-order valence-corrected chi connectivity index (χ3v) is 6.33. The molecule has 1 fully saturated rings. The van der Waals surface area contributed by atoms with Crippen molar-refractivity contribution in [3.8, 4) is 17.2 Å². The standard InChI is InChI=1S/C25H30N4O3/c1-18-6-4-5-7-22(18)28(15-19-8-13-23(31-2)24(14-19)32-3)25(30)20-9-11-21(12-10-20)29-17-26-16-27-29/h8-14,16-18,22H,4-7,15H2,1-3H3/t18-,22+/m0/s1. The fourth-order valence-electron chi connectivity index (χ4n) is 4.54. The Bertz CT molecular complexity index is 1030. The molecule has 32 heavy (non-hydrogen) atoms. The van der Waals surface area contributed by atoms with Crippen LogP contribution in [-0.2, 0) is 6.54 Å². The van der Waals surface area contributed by atoms with Gasteiger partial charge in [-0.1, -0.05) is 25.8 Å². The Morgan fingerprint density at radius 2 is 1.81 bits per heavy atom. The average molecular weight is 435 g/mol. The lowest BCUT2D eigenvalue weighted by Gasteiger charge is -2.39. The summed E-state index contributed by atoms with van der Waals surface area (Å²) in [6.07, 6.45) is 7.68. The Balaban J connectivity index is 1.62. The van der Waals surface area contributed by atoms with Crippen LogP contribution in [0.3, 0.4) is 0 Å². The van der Waals surface area contributed by atoms with Gasteiger partial charge in [0.1, 0.15) is 12.7 Å². The van der Waals surface area contributed by atoms with E-state index < -0.39 is 0 Å². The molecule has 1 aliphatic rings. The number of ether oxygens (including phenoxy) is 2. The van der Waals surface area contributed by atoms with Crippen molar-refractivity contribution in [3.05, 3.63) is 66.2 Å². The lowest BCUT2D eigenvalue weighted by Crippen LogP contribution is -2.44. The van der Waals surface area contributed by atoms with Gasteiger partial charge in [0, 0.05) is 18.2 Å². The molecular weight excluding hydrogens is 404 g/mol. The third kappa shape index (κ3) is 4.61. The van der Waals surface area contributed by atoms with Gasteiger partial charge in [-0.15, -0.1) is 0 Å². The van der Waals surface area contributed by atoms with Crippen molar-refractivity contribution >= 4 is 5.91 Å². The minimum atomic E-state index is 0.0451. The molecule has 0 bridgehead atoms. The molecule has 4 rings (SSSR count). The van der Waals surface area contributed by atoms with Crippen LogP contribution in [0.5, 0.6) is 11.5 Å². The first-order valence-electron chi connectivity index (χ1n) is 11.1. The van der Waals surface area contributed by atoms with Crippen molar-refractivity contribution in [3.63, 3.8) is 0 Å². The van der Waals surface area contributed by atoms with E-state index in [4.69, 9.17) is 9.47 Å². The second-order valence-electron chi connectivity index (χ2n) is 8.34. The van der Waals surface area contributed by atoms with Crippen LogP contribution in [-0.4, -0.2) is 45.8 Å². The minimum Gasteiger partial charge on any atom is -0.493 e. The topological polar surface area (TPSA) is 69.5 Å². The Kier molecular flexibility index (Phi) is 6.73. The van der Waals surface area contributed by atoms with E-state index in [1.165, 1.54) is 12.7 Å². The highest BCUT2D eigenvalue weighted by molar-refractivity contribution is 5.94. The van der Waals surface area contributed by atoms with Gasteiger partial charge in [0.05, 0.1) is 19.9 Å². The monoisotopic (exact) mass is 434 g/mol. The minimum absolute atomic E-state index is 0.0451. The first-order chi connectivity index (χ1) is 15.6. The summed E-state index contributed by atoms with van der Waals surface area (Å²) in [6.45, 7) is 2.78. The fourth-order valence-corrected chi connectivity index (χ4v) is 4.54. The molecule has 0 unspecified atom stereocenters. The predicted octanol–water partition coefficient (Wildman–Crippen LogP) is 4.51. The summed E-state index contributed by atoms with van der Waals surface area (Å²) in [7, 11) is 3.25. The molecule has 0 spiro atoms. The zero-order chi connectivity index (χ0) is 22.5. The van der Waals surface area contributed by atoms with E-state index in [9.17, 15) is 4.79 Å². The molecule has 0 saturated heterocycles. The van der Waals surface area contributed by atoms with Crippen LogP contribution in [0, 0.1) is 5.92 Å². The number of amides is 1. The van der Waals surface area contributed by atoms with Crippen molar-refractivity contribution in [2.24, 2.45) is 5.92 Å². The Labute approximate surface area is 189 Å². The van der Waals surface area contributed by atoms with Crippen molar-refractivity contribution < 1.29 is 14.3 Å². The molecule has 7 heteroatoms. The summed E-state index contributed by atoms with van der Waals surface area (Å²) in [4.78, 5) is 19.7. The number of nitrogens with zero attached hydrogens (tertiary/aromatic N) is 4. The molecule has 0 N–H and O–H groups in total. The van der Waals surface area contributed by atoms with Crippen LogP contribution in [0.1, 0.15) is 48.5 Å². The fraction of sp³-hybridized carbons (Fsp3) is 0.400. The number of carbonyl (C=O) groups excluding carboxylic acids is 1. The summed E-state index contributed by atoms with van der Waals surface area (Å²) in [5.74, 6) is 1.86. The maximum absolute atomic E-state index is 13.7. The normalized spacial score (nSPS) is 18.2. The molecule has 1 amide bonds. The molecule has 1 aromatic heterocycles. The smallest absolute Gasteiger partial charge is 0.254 e. The van der Waals surface area contributed by atoms with Crippen molar-refractivity contribution in [1.82, 2.24) is 19.7 Å². The van der Waals surface area contributed by atoms with Crippen molar-refractivity contribution in [1.29, 1.82) is 0 Å². The van der Waals surface area contributed by atoms with Gasteiger partial charge in [0.2, 0.25) is 0 Å². The molecule has 3 aromatic rings. The third-order valence-electron chi connectivity index (χ3n) is 6.33. The summed E-state index contributed by atoms with van der Waals surface area (Å²) in [5.41, 5.74) is 2.57. The van der Waals surface area contributed by atoms with Crippen LogP contribution in [0.15, 0.2) is 55.1 Å². The number of benzene rings is 2. The summed E-state index contributed by atoms with van der Waals surface area (Å²) in [5, 5.41) is 4.15. The largest absolute Gasteiger partial charge is 0.493 e. The van der Waals surface area contributed by atoms with E-state index in [0.29, 0.717) is 29.5 Å². The molecule has 1 saturated carbocycles. The Hall–Kier alpha value is -3.35. The summed E-state index contributed by atoms with van der Waals surface area (Å²) in [6, 6.07) is 13.6. The highest BCUT2D eigenvalue weighted by atomic mass is 16.5. The maximum atomic E-state index is 13.7. The first kappa shape index (κ1) is 21.9. The van der Waals surface area contributed by atoms with Gasteiger partial charge < -0.3 is 14.4 Å². The van der Waals surface area contributed by atoms with E-state index in [1.54, 1.807) is 25.2 Å². The van der Waals surface area contributed by atoms with Gasteiger partial charge in [-0.25, -0.2) is 9.67 Å². The lowest BCUT2D eigenvalue weighted by molar-refractivity contribution is 0.0528. The van der Waals surface area contributed by atoms with Gasteiger partial charge in [0.25, 0.3) is 5.91 Å². The lowest BCUT2D eigenvalue weighted by atomic mass is 9.84. The van der Waals surface area contributed by atoms with Crippen molar-refractivity contribution in [2.75, 3.05) is 14.2 Å². The quantitative estimate of drug-likeness (QED) is 0.547. The highest BCUT2D eigenvalue weighted by Gasteiger charge is 2.31. The highest BCUT2D eigenvalue weighted by Crippen LogP contribution is 2.32. The van der Waals surface area contributed by atoms with E-state index >= 15 is 0 Å². The Morgan fingerprint density at radius 1 is 1.06 bits per heavy atom. The molecular formula is C25H30N4O3. The van der Waals surface area contributed by atoms with Crippen LogP contribution in [0.25, 0.3) is 5.69 Å². The van der Waals surface area contributed by atoms with Crippen LogP contribution in [0.4, 0.5) is 0 Å². The van der Waals surface area contributed by atoms with Gasteiger partial charge in [-0.2, -0.15) is 5.10 Å². The Morgan fingerprint density at radius 3 is 2.47 bits per heavy atom. The van der Waals surface area contributed by atoms with E-state index in [0.717, 1.165) is 30.5 Å². The number of hydrogen-bond acceptors (Lipinski definition) is 5. The number of rotatable bonds is 7. The SMILES string of the molecule is COc1ccc(CN(C(=O)c2ccc(-n3cncn3)cc2)[C@@H]2CCCC[C@@H]2C)cc1OC. The molecule has 168 valence electrons. The van der Waals surface area contributed by atoms with E-state index in [1.807, 2.05) is 47.4 Å². The van der Waals surface area contributed by atoms with Gasteiger partial charge in [0.15, 0.2) is 11.5 Å². The van der Waals surface area contributed by atoms with Crippen LogP contribution >= 0.6 is 0 Å². The molecule has 2 atom stereocenters. The van der Waals surface area contributed by atoms with Gasteiger partial charge >= 0.3 is 0 Å². The molecule has 1 aliphatic carbocycles. The molecule has 0 radical (unpaired) electrons. The summed E-state index contributed by atoms with van der Waals surface area (Å²) < 4.78 is 12.5. The maximum Gasteiger partial charge on any atom is 0.254 e. The van der Waals surface area contributed by atoms with Gasteiger partial charge in [-0.05, 0) is 60.7 Å². The predicted molar refractivity (Wildman–Crippen MR) is 122 cm³/mol. The van der Waals surface area contributed by atoms with Crippen molar-refractivity contribution in [2.45, 2.75) is 45.2 Å². The first-order valence-corrected chi connectivity index (χ1v) is 11.1. The summed E-state index contributed by atoms with van der Waals surface area (Å²) >= 11 is 0. The molecule has 1 heterocycles. The molecule has 7 nitrogen and oxygen atoms in total. The average Bonchev–Trinajstić information content (AvgIpc) is 3.38. The second kappa shape index (κ2) is 9.85. The van der Waals surface area contributed by atoms with Crippen LogP contribution in [0.2, 0.25) is 0 Å². The van der Waals surface area contributed by atoms with Gasteiger partial charge in [-0.3, -0.25) is 4.79 Å². The van der Waals surface area contributed by atoms with Crippen LogP contribution < -0.4 is 9.47 Å². The number of aromatic nitrogens is 3. The number of hydrogen-bond donors (Lipinski definition) is 0. The molecule has 0 aliphatic heterocycles. The number of methoxy groups -OCH3 is 2. The second-order valence-corrected chi connectivity index (χ2v) is 8.34. The zero-order valence-electron chi connectivity index (χ0n) is 18.9. The van der Waals surface area contributed by atoms with E-state index in [-0.39, 0.29) is 11.9 Å². The zero-order valence-corrected chi connectivity index (χ0v) is 18.9.